The van der Waals surface area contributed by atoms with Gasteiger partial charge in [0.05, 0.1) is 0 Å². The summed E-state index contributed by atoms with van der Waals surface area (Å²) >= 11 is 12.1. The Bertz CT molecular complexity index is 646. The number of carbonyl (C=O) groups is 1. The van der Waals surface area contributed by atoms with Crippen molar-refractivity contribution in [2.45, 2.75) is 13.0 Å². The minimum atomic E-state index is -3.56. The number of amides is 1. The highest BCUT2D eigenvalue weighted by Gasteiger charge is 2.25. The van der Waals surface area contributed by atoms with Crippen LogP contribution in [0.3, 0.4) is 0 Å². The van der Waals surface area contributed by atoms with E-state index in [1.807, 2.05) is 6.07 Å². The maximum Gasteiger partial charge on any atom is 0.239 e. The molecule has 0 spiro atoms. The molecular weight excluding hydrogens is 323 g/mol. The minimum Gasteiger partial charge on any atom is -0.337 e. The number of nitrogens with one attached hydrogen (secondary N) is 1. The Morgan fingerprint density at radius 2 is 2.10 bits per heavy atom. The van der Waals surface area contributed by atoms with E-state index in [4.69, 9.17) is 23.2 Å². The smallest absolute Gasteiger partial charge is 0.239 e. The fourth-order valence-corrected chi connectivity index (χ4v) is 3.37. The van der Waals surface area contributed by atoms with E-state index in [9.17, 15) is 13.2 Å². The number of rotatable bonds is 3. The van der Waals surface area contributed by atoms with Crippen molar-refractivity contribution in [3.05, 3.63) is 33.3 Å². The molecule has 1 aromatic carbocycles. The average Bonchev–Trinajstić information content (AvgIpc) is 2.37. The third kappa shape index (κ3) is 3.44. The van der Waals surface area contributed by atoms with Crippen LogP contribution in [-0.2, 0) is 27.8 Å². The third-order valence-corrected chi connectivity index (χ3v) is 5.03. The van der Waals surface area contributed by atoms with Crippen molar-refractivity contribution < 1.29 is 13.2 Å². The van der Waals surface area contributed by atoms with E-state index in [0.29, 0.717) is 29.6 Å². The molecule has 0 aliphatic carbocycles. The van der Waals surface area contributed by atoms with Crippen LogP contribution in [0.1, 0.15) is 11.1 Å². The highest BCUT2D eigenvalue weighted by atomic mass is 35.5. The standard InChI is InChI=1S/C12H14Cl2N2O3S/c1-15-20(18,19)7-12(17)16-3-2-8-4-9(13)5-11(14)10(8)6-16/h4-5,15H,2-3,6-7H2,1H3. The number of hydrogen-bond donors (Lipinski definition) is 1. The quantitative estimate of drug-likeness (QED) is 0.907. The van der Waals surface area contributed by atoms with E-state index in [0.717, 1.165) is 11.1 Å². The zero-order valence-electron chi connectivity index (χ0n) is 10.8. The lowest BCUT2D eigenvalue weighted by molar-refractivity contribution is -0.129. The molecular formula is C12H14Cl2N2O3S. The summed E-state index contributed by atoms with van der Waals surface area (Å²) in [7, 11) is -2.27. The normalized spacial score (nSPS) is 15.1. The van der Waals surface area contributed by atoms with Gasteiger partial charge in [0.25, 0.3) is 0 Å². The molecule has 0 bridgehead atoms. The van der Waals surface area contributed by atoms with Crippen LogP contribution >= 0.6 is 23.2 Å². The summed E-state index contributed by atoms with van der Waals surface area (Å²) in [6, 6.07) is 3.45. The van der Waals surface area contributed by atoms with Gasteiger partial charge in [0.1, 0.15) is 5.75 Å². The van der Waals surface area contributed by atoms with Crippen LogP contribution in [0.15, 0.2) is 12.1 Å². The Kier molecular flexibility index (Phi) is 4.59. The Morgan fingerprint density at radius 1 is 1.40 bits per heavy atom. The minimum absolute atomic E-state index is 0.309. The third-order valence-electron chi connectivity index (χ3n) is 3.23. The zero-order valence-corrected chi connectivity index (χ0v) is 13.1. The molecule has 0 radical (unpaired) electrons. The molecule has 1 amide bonds. The molecule has 1 N–H and O–H groups in total. The van der Waals surface area contributed by atoms with E-state index in [2.05, 4.69) is 4.72 Å². The van der Waals surface area contributed by atoms with Gasteiger partial charge >= 0.3 is 0 Å². The molecule has 0 fully saturated rings. The van der Waals surface area contributed by atoms with Crippen molar-refractivity contribution in [3.8, 4) is 0 Å². The monoisotopic (exact) mass is 336 g/mol. The number of carbonyl (C=O) groups excluding carboxylic acids is 1. The topological polar surface area (TPSA) is 66.5 Å². The molecule has 8 heteroatoms. The number of sulfonamides is 1. The van der Waals surface area contributed by atoms with Gasteiger partial charge in [0, 0.05) is 23.1 Å². The Balaban J connectivity index is 2.17. The largest absolute Gasteiger partial charge is 0.337 e. The maximum atomic E-state index is 12.0. The van der Waals surface area contributed by atoms with Gasteiger partial charge in [0.15, 0.2) is 0 Å². The first kappa shape index (κ1) is 15.6. The molecule has 2 rings (SSSR count). The van der Waals surface area contributed by atoms with E-state index >= 15 is 0 Å². The fourth-order valence-electron chi connectivity index (χ4n) is 2.12. The van der Waals surface area contributed by atoms with Gasteiger partial charge in [-0.2, -0.15) is 0 Å². The van der Waals surface area contributed by atoms with Crippen LogP contribution in [0, 0.1) is 0 Å². The first-order chi connectivity index (χ1) is 9.32. The van der Waals surface area contributed by atoms with Crippen molar-refractivity contribution in [3.63, 3.8) is 0 Å². The number of hydrogen-bond acceptors (Lipinski definition) is 3. The Hall–Kier alpha value is -0.820. The molecule has 1 heterocycles. The van der Waals surface area contributed by atoms with Crippen LogP contribution in [-0.4, -0.2) is 38.6 Å². The van der Waals surface area contributed by atoms with E-state index in [-0.39, 0.29) is 0 Å². The molecule has 20 heavy (non-hydrogen) atoms. The highest BCUT2D eigenvalue weighted by Crippen LogP contribution is 2.29. The van der Waals surface area contributed by atoms with Gasteiger partial charge in [-0.1, -0.05) is 23.2 Å². The van der Waals surface area contributed by atoms with Gasteiger partial charge < -0.3 is 4.90 Å². The lowest BCUT2D eigenvalue weighted by atomic mass is 10.00. The lowest BCUT2D eigenvalue weighted by Gasteiger charge is -2.29. The molecule has 1 aromatic rings. The summed E-state index contributed by atoms with van der Waals surface area (Å²) in [6.45, 7) is 0.769. The van der Waals surface area contributed by atoms with Crippen molar-refractivity contribution in [1.82, 2.24) is 9.62 Å². The van der Waals surface area contributed by atoms with Gasteiger partial charge in [-0.15, -0.1) is 0 Å². The summed E-state index contributed by atoms with van der Waals surface area (Å²) in [6.07, 6.45) is 0.612. The van der Waals surface area contributed by atoms with Crippen molar-refractivity contribution in [2.75, 3.05) is 19.3 Å². The second kappa shape index (κ2) is 5.89. The predicted octanol–water partition coefficient (Wildman–Crippen LogP) is 1.43. The fraction of sp³-hybridized carbons (Fsp3) is 0.417. The van der Waals surface area contributed by atoms with Gasteiger partial charge in [-0.3, -0.25) is 4.79 Å². The zero-order chi connectivity index (χ0) is 14.9. The first-order valence-corrected chi connectivity index (χ1v) is 8.39. The molecule has 0 atom stereocenters. The van der Waals surface area contributed by atoms with Crippen LogP contribution in [0.2, 0.25) is 10.0 Å². The average molecular weight is 337 g/mol. The van der Waals surface area contributed by atoms with E-state index in [1.54, 1.807) is 6.07 Å². The second-order valence-electron chi connectivity index (χ2n) is 4.55. The number of nitrogens with zero attached hydrogens (tertiary/aromatic N) is 1. The molecule has 0 unspecified atom stereocenters. The molecule has 0 saturated carbocycles. The van der Waals surface area contributed by atoms with Crippen LogP contribution in [0.25, 0.3) is 0 Å². The molecule has 110 valence electrons. The van der Waals surface area contributed by atoms with Crippen molar-refractivity contribution in [2.24, 2.45) is 0 Å². The van der Waals surface area contributed by atoms with Gasteiger partial charge in [-0.25, -0.2) is 13.1 Å². The summed E-state index contributed by atoms with van der Waals surface area (Å²) in [4.78, 5) is 13.5. The lowest BCUT2D eigenvalue weighted by Crippen LogP contribution is -2.41. The van der Waals surface area contributed by atoms with Crippen LogP contribution in [0.5, 0.6) is 0 Å². The van der Waals surface area contributed by atoms with Crippen LogP contribution < -0.4 is 4.72 Å². The van der Waals surface area contributed by atoms with Crippen LogP contribution in [0.4, 0.5) is 0 Å². The van der Waals surface area contributed by atoms with Gasteiger partial charge in [0.2, 0.25) is 15.9 Å². The molecule has 1 aliphatic rings. The molecule has 0 saturated heterocycles. The summed E-state index contributed by atoms with van der Waals surface area (Å²) in [5, 5.41) is 1.06. The molecule has 1 aliphatic heterocycles. The summed E-state index contributed by atoms with van der Waals surface area (Å²) < 4.78 is 24.9. The predicted molar refractivity (Wildman–Crippen MR) is 78.4 cm³/mol. The Labute approximate surface area is 127 Å². The number of halogens is 2. The molecule has 5 nitrogen and oxygen atoms in total. The summed E-state index contributed by atoms with van der Waals surface area (Å²) in [5.41, 5.74) is 1.83. The highest BCUT2D eigenvalue weighted by molar-refractivity contribution is 7.90. The van der Waals surface area contributed by atoms with Crippen molar-refractivity contribution in [1.29, 1.82) is 0 Å². The Morgan fingerprint density at radius 3 is 2.75 bits per heavy atom. The maximum absolute atomic E-state index is 12.0. The second-order valence-corrected chi connectivity index (χ2v) is 7.32. The SMILES string of the molecule is CNS(=O)(=O)CC(=O)N1CCc2cc(Cl)cc(Cl)c2C1. The molecule has 0 aromatic heterocycles. The number of benzene rings is 1. The van der Waals surface area contributed by atoms with E-state index < -0.39 is 21.7 Å². The van der Waals surface area contributed by atoms with Crippen molar-refractivity contribution >= 4 is 39.1 Å². The summed E-state index contributed by atoms with van der Waals surface area (Å²) in [5.74, 6) is -0.986. The van der Waals surface area contributed by atoms with E-state index in [1.165, 1.54) is 11.9 Å². The first-order valence-electron chi connectivity index (χ1n) is 5.98. The van der Waals surface area contributed by atoms with Gasteiger partial charge in [-0.05, 0) is 36.7 Å². The number of fused-ring (bicyclic) bond motifs is 1.